The first-order chi connectivity index (χ1) is 6.70. The zero-order valence-corrected chi connectivity index (χ0v) is 9.22. The molecule has 0 bridgehead atoms. The van der Waals surface area contributed by atoms with Crippen molar-refractivity contribution in [3.05, 3.63) is 23.0 Å². The second kappa shape index (κ2) is 3.60. The van der Waals surface area contributed by atoms with Crippen LogP contribution < -0.4 is 5.32 Å². The molecule has 0 atom stereocenters. The van der Waals surface area contributed by atoms with Gasteiger partial charge in [0.1, 0.15) is 0 Å². The van der Waals surface area contributed by atoms with E-state index in [0.717, 1.165) is 13.0 Å². The Kier molecular flexibility index (Phi) is 2.44. The summed E-state index contributed by atoms with van der Waals surface area (Å²) in [7, 11) is 0. The molecule has 1 aromatic rings. The van der Waals surface area contributed by atoms with E-state index in [9.17, 15) is 0 Å². The van der Waals surface area contributed by atoms with E-state index in [-0.39, 0.29) is 0 Å². The predicted molar refractivity (Wildman–Crippen MR) is 59.9 cm³/mol. The molecule has 1 aromatic heterocycles. The summed E-state index contributed by atoms with van der Waals surface area (Å²) in [4.78, 5) is 4.54. The highest BCUT2D eigenvalue weighted by atomic mass is 14.9. The number of anilines is 1. The molecule has 1 aliphatic rings. The first-order valence-electron chi connectivity index (χ1n) is 5.42. The fraction of sp³-hybridized carbons (Fsp3) is 0.583. The third-order valence-corrected chi connectivity index (χ3v) is 2.97. The Morgan fingerprint density at radius 3 is 2.93 bits per heavy atom. The van der Waals surface area contributed by atoms with Gasteiger partial charge in [-0.3, -0.25) is 4.98 Å². The molecule has 2 heteroatoms. The second-order valence-corrected chi connectivity index (χ2v) is 4.35. The number of rotatable bonds is 1. The fourth-order valence-corrected chi connectivity index (χ4v) is 2.15. The standard InChI is InChI=1S/C12H18N2/c1-8(2)10-7-14-11-5-4-6-13-12(11)9(10)3/h7-8,13H,4-6H2,1-3H3. The molecule has 0 unspecified atom stereocenters. The Morgan fingerprint density at radius 2 is 2.21 bits per heavy atom. The van der Waals surface area contributed by atoms with E-state index in [1.807, 2.05) is 6.20 Å². The van der Waals surface area contributed by atoms with Crippen molar-refractivity contribution in [2.75, 3.05) is 11.9 Å². The maximum absolute atomic E-state index is 4.54. The third-order valence-electron chi connectivity index (χ3n) is 2.97. The molecule has 2 nitrogen and oxygen atoms in total. The first-order valence-corrected chi connectivity index (χ1v) is 5.42. The number of aryl methyl sites for hydroxylation is 1. The van der Waals surface area contributed by atoms with Crippen molar-refractivity contribution >= 4 is 5.69 Å². The monoisotopic (exact) mass is 190 g/mol. The Bertz CT molecular complexity index is 342. The van der Waals surface area contributed by atoms with Crippen LogP contribution in [0.1, 0.15) is 43.0 Å². The van der Waals surface area contributed by atoms with Crippen LogP contribution in [-0.4, -0.2) is 11.5 Å². The minimum atomic E-state index is 0.566. The van der Waals surface area contributed by atoms with Gasteiger partial charge in [0.05, 0.1) is 11.4 Å². The summed E-state index contributed by atoms with van der Waals surface area (Å²) in [6, 6.07) is 0. The third kappa shape index (κ3) is 1.49. The molecular weight excluding hydrogens is 172 g/mol. The number of hydrogen-bond donors (Lipinski definition) is 1. The van der Waals surface area contributed by atoms with Crippen molar-refractivity contribution in [2.24, 2.45) is 0 Å². The zero-order chi connectivity index (χ0) is 10.1. The van der Waals surface area contributed by atoms with Crippen LogP contribution in [0.25, 0.3) is 0 Å². The Labute approximate surface area is 85.7 Å². The highest BCUT2D eigenvalue weighted by Crippen LogP contribution is 2.29. The Balaban J connectivity index is 2.49. The van der Waals surface area contributed by atoms with Crippen molar-refractivity contribution < 1.29 is 0 Å². The zero-order valence-electron chi connectivity index (χ0n) is 9.22. The molecule has 0 aliphatic carbocycles. The number of hydrogen-bond acceptors (Lipinski definition) is 2. The Morgan fingerprint density at radius 1 is 1.43 bits per heavy atom. The number of nitrogens with zero attached hydrogens (tertiary/aromatic N) is 1. The Hall–Kier alpha value is -1.05. The van der Waals surface area contributed by atoms with Crippen LogP contribution in [0.15, 0.2) is 6.20 Å². The molecule has 76 valence electrons. The van der Waals surface area contributed by atoms with E-state index in [1.54, 1.807) is 0 Å². The van der Waals surface area contributed by atoms with Crippen LogP contribution in [-0.2, 0) is 6.42 Å². The van der Waals surface area contributed by atoms with Crippen LogP contribution in [0, 0.1) is 6.92 Å². The molecular formula is C12H18N2. The molecule has 0 amide bonds. The normalized spacial score (nSPS) is 15.1. The van der Waals surface area contributed by atoms with E-state index in [2.05, 4.69) is 31.1 Å². The van der Waals surface area contributed by atoms with E-state index in [1.165, 1.54) is 28.9 Å². The summed E-state index contributed by atoms with van der Waals surface area (Å²) in [6.07, 6.45) is 4.38. The minimum absolute atomic E-state index is 0.566. The predicted octanol–water partition coefficient (Wildman–Crippen LogP) is 2.87. The fourth-order valence-electron chi connectivity index (χ4n) is 2.15. The van der Waals surface area contributed by atoms with Gasteiger partial charge in [-0.2, -0.15) is 0 Å². The van der Waals surface area contributed by atoms with Gasteiger partial charge < -0.3 is 5.32 Å². The summed E-state index contributed by atoms with van der Waals surface area (Å²) in [5, 5.41) is 3.46. The second-order valence-electron chi connectivity index (χ2n) is 4.35. The van der Waals surface area contributed by atoms with Gasteiger partial charge in [-0.05, 0) is 36.8 Å². The topological polar surface area (TPSA) is 24.9 Å². The quantitative estimate of drug-likeness (QED) is 0.736. The van der Waals surface area contributed by atoms with Gasteiger partial charge in [0, 0.05) is 12.7 Å². The smallest absolute Gasteiger partial charge is 0.0638 e. The van der Waals surface area contributed by atoms with Crippen LogP contribution in [0.4, 0.5) is 5.69 Å². The lowest BCUT2D eigenvalue weighted by molar-refractivity contribution is 0.780. The van der Waals surface area contributed by atoms with E-state index >= 15 is 0 Å². The molecule has 0 fully saturated rings. The summed E-state index contributed by atoms with van der Waals surface area (Å²) >= 11 is 0. The largest absolute Gasteiger partial charge is 0.383 e. The number of aromatic nitrogens is 1. The van der Waals surface area contributed by atoms with E-state index in [0.29, 0.717) is 5.92 Å². The average molecular weight is 190 g/mol. The van der Waals surface area contributed by atoms with Crippen molar-refractivity contribution in [2.45, 2.75) is 39.5 Å². The molecule has 0 radical (unpaired) electrons. The van der Waals surface area contributed by atoms with Crippen LogP contribution >= 0.6 is 0 Å². The summed E-state index contributed by atoms with van der Waals surface area (Å²) in [5.41, 5.74) is 5.31. The van der Waals surface area contributed by atoms with Crippen molar-refractivity contribution in [1.29, 1.82) is 0 Å². The lowest BCUT2D eigenvalue weighted by Gasteiger charge is -2.22. The van der Waals surface area contributed by atoms with E-state index in [4.69, 9.17) is 0 Å². The maximum Gasteiger partial charge on any atom is 0.0638 e. The highest BCUT2D eigenvalue weighted by Gasteiger charge is 2.15. The van der Waals surface area contributed by atoms with Crippen LogP contribution in [0.3, 0.4) is 0 Å². The maximum atomic E-state index is 4.54. The average Bonchev–Trinajstić information content (AvgIpc) is 2.18. The van der Waals surface area contributed by atoms with Gasteiger partial charge in [0.2, 0.25) is 0 Å². The van der Waals surface area contributed by atoms with Crippen molar-refractivity contribution in [3.63, 3.8) is 0 Å². The van der Waals surface area contributed by atoms with E-state index < -0.39 is 0 Å². The summed E-state index contributed by atoms with van der Waals surface area (Å²) in [5.74, 6) is 0.566. The van der Waals surface area contributed by atoms with Gasteiger partial charge in [-0.1, -0.05) is 13.8 Å². The highest BCUT2D eigenvalue weighted by molar-refractivity contribution is 5.58. The minimum Gasteiger partial charge on any atom is -0.383 e. The number of pyridine rings is 1. The van der Waals surface area contributed by atoms with Crippen LogP contribution in [0.2, 0.25) is 0 Å². The van der Waals surface area contributed by atoms with Crippen molar-refractivity contribution in [3.8, 4) is 0 Å². The van der Waals surface area contributed by atoms with Gasteiger partial charge in [-0.25, -0.2) is 0 Å². The first kappa shape index (κ1) is 9.50. The molecule has 0 aromatic carbocycles. The van der Waals surface area contributed by atoms with Crippen LogP contribution in [0.5, 0.6) is 0 Å². The van der Waals surface area contributed by atoms with Gasteiger partial charge in [0.25, 0.3) is 0 Å². The molecule has 1 N–H and O–H groups in total. The molecule has 0 saturated carbocycles. The SMILES string of the molecule is Cc1c(C(C)C)cnc2c1NCCC2. The van der Waals surface area contributed by atoms with Crippen molar-refractivity contribution in [1.82, 2.24) is 4.98 Å². The van der Waals surface area contributed by atoms with Gasteiger partial charge in [0.15, 0.2) is 0 Å². The molecule has 0 spiro atoms. The lowest BCUT2D eigenvalue weighted by Crippen LogP contribution is -2.15. The number of nitrogens with one attached hydrogen (secondary N) is 1. The molecule has 2 rings (SSSR count). The molecule has 2 heterocycles. The number of fused-ring (bicyclic) bond motifs is 1. The van der Waals surface area contributed by atoms with Gasteiger partial charge in [-0.15, -0.1) is 0 Å². The lowest BCUT2D eigenvalue weighted by atomic mass is 9.96. The van der Waals surface area contributed by atoms with Gasteiger partial charge >= 0.3 is 0 Å². The summed E-state index contributed by atoms with van der Waals surface area (Å²) in [6.45, 7) is 7.74. The molecule has 14 heavy (non-hydrogen) atoms. The molecule has 1 aliphatic heterocycles. The summed E-state index contributed by atoms with van der Waals surface area (Å²) < 4.78 is 0. The molecule has 0 saturated heterocycles.